The third-order valence-electron chi connectivity index (χ3n) is 5.80. The zero-order chi connectivity index (χ0) is 19.8. The minimum Gasteiger partial charge on any atom is -0.493 e. The van der Waals surface area contributed by atoms with Crippen LogP contribution in [0.5, 0.6) is 11.5 Å². The van der Waals surface area contributed by atoms with E-state index < -0.39 is 0 Å². The van der Waals surface area contributed by atoms with E-state index in [0.717, 1.165) is 30.0 Å². The molecule has 0 aromatic heterocycles. The lowest BCUT2D eigenvalue weighted by Crippen LogP contribution is -2.47. The SMILES string of the molecule is CCOc1ccc(CN(CC)CC(=O)NC2CCCC(C)C2C)cc1OC. The minimum absolute atomic E-state index is 0.126. The predicted molar refractivity (Wildman–Crippen MR) is 109 cm³/mol. The molecule has 0 bridgehead atoms. The molecule has 0 aliphatic heterocycles. The van der Waals surface area contributed by atoms with Gasteiger partial charge in [0.15, 0.2) is 11.5 Å². The van der Waals surface area contributed by atoms with Gasteiger partial charge in [0.2, 0.25) is 5.91 Å². The summed E-state index contributed by atoms with van der Waals surface area (Å²) >= 11 is 0. The van der Waals surface area contributed by atoms with Gasteiger partial charge < -0.3 is 14.8 Å². The number of hydrogen-bond donors (Lipinski definition) is 1. The Balaban J connectivity index is 1.93. The number of methoxy groups -OCH3 is 1. The molecule has 1 N–H and O–H groups in total. The third-order valence-corrected chi connectivity index (χ3v) is 5.80. The van der Waals surface area contributed by atoms with Gasteiger partial charge in [0, 0.05) is 12.6 Å². The van der Waals surface area contributed by atoms with Gasteiger partial charge in [-0.2, -0.15) is 0 Å². The second-order valence-corrected chi connectivity index (χ2v) is 7.66. The topological polar surface area (TPSA) is 50.8 Å². The number of carbonyl (C=O) groups is 1. The van der Waals surface area contributed by atoms with Crippen LogP contribution in [0.4, 0.5) is 0 Å². The van der Waals surface area contributed by atoms with E-state index in [1.807, 2.05) is 25.1 Å². The molecule has 0 saturated heterocycles. The van der Waals surface area contributed by atoms with Crippen LogP contribution >= 0.6 is 0 Å². The highest BCUT2D eigenvalue weighted by Gasteiger charge is 2.28. The third kappa shape index (κ3) is 6.13. The molecular formula is C22H36N2O3. The number of likely N-dealkylation sites (N-methyl/N-ethyl adjacent to an activating group) is 1. The van der Waals surface area contributed by atoms with Crippen LogP contribution in [0.3, 0.4) is 0 Å². The molecule has 1 fully saturated rings. The lowest BCUT2D eigenvalue weighted by Gasteiger charge is -2.35. The monoisotopic (exact) mass is 376 g/mol. The zero-order valence-electron chi connectivity index (χ0n) is 17.6. The number of nitrogens with zero attached hydrogens (tertiary/aromatic N) is 1. The van der Waals surface area contributed by atoms with E-state index in [4.69, 9.17) is 9.47 Å². The molecule has 1 aromatic carbocycles. The number of nitrogens with one attached hydrogen (secondary N) is 1. The van der Waals surface area contributed by atoms with Gasteiger partial charge >= 0.3 is 0 Å². The summed E-state index contributed by atoms with van der Waals surface area (Å²) in [4.78, 5) is 14.7. The van der Waals surface area contributed by atoms with Crippen molar-refractivity contribution in [1.29, 1.82) is 0 Å². The van der Waals surface area contributed by atoms with Crippen molar-refractivity contribution in [3.8, 4) is 11.5 Å². The molecule has 1 aromatic rings. The number of amides is 1. The molecule has 0 heterocycles. The van der Waals surface area contributed by atoms with E-state index in [-0.39, 0.29) is 5.91 Å². The summed E-state index contributed by atoms with van der Waals surface area (Å²) in [6.07, 6.45) is 3.58. The Bertz CT molecular complexity index is 605. The fourth-order valence-corrected chi connectivity index (χ4v) is 3.86. The van der Waals surface area contributed by atoms with E-state index >= 15 is 0 Å². The molecule has 152 valence electrons. The largest absolute Gasteiger partial charge is 0.493 e. The molecule has 5 nitrogen and oxygen atoms in total. The minimum atomic E-state index is 0.126. The van der Waals surface area contributed by atoms with Crippen LogP contribution in [0.1, 0.15) is 52.5 Å². The summed E-state index contributed by atoms with van der Waals surface area (Å²) in [5.41, 5.74) is 1.12. The van der Waals surface area contributed by atoms with Crippen LogP contribution in [-0.2, 0) is 11.3 Å². The maximum Gasteiger partial charge on any atom is 0.234 e. The maximum absolute atomic E-state index is 12.6. The average molecular weight is 377 g/mol. The smallest absolute Gasteiger partial charge is 0.234 e. The Morgan fingerprint density at radius 1 is 1.22 bits per heavy atom. The van der Waals surface area contributed by atoms with Gasteiger partial charge in [0.25, 0.3) is 0 Å². The lowest BCUT2D eigenvalue weighted by molar-refractivity contribution is -0.123. The zero-order valence-corrected chi connectivity index (χ0v) is 17.6. The Kier molecular flexibility index (Phi) is 8.42. The Hall–Kier alpha value is -1.75. The van der Waals surface area contributed by atoms with E-state index in [1.54, 1.807) is 7.11 Å². The molecule has 2 rings (SSSR count). The molecule has 1 aliphatic rings. The molecule has 1 amide bonds. The second-order valence-electron chi connectivity index (χ2n) is 7.66. The highest BCUT2D eigenvalue weighted by Crippen LogP contribution is 2.30. The molecule has 0 spiro atoms. The van der Waals surface area contributed by atoms with Gasteiger partial charge in [0.1, 0.15) is 0 Å². The summed E-state index contributed by atoms with van der Waals surface area (Å²) in [7, 11) is 1.65. The molecule has 27 heavy (non-hydrogen) atoms. The Labute approximate surface area is 164 Å². The fraction of sp³-hybridized carbons (Fsp3) is 0.682. The van der Waals surface area contributed by atoms with Crippen molar-refractivity contribution in [2.45, 2.75) is 59.5 Å². The van der Waals surface area contributed by atoms with Crippen LogP contribution in [0.25, 0.3) is 0 Å². The van der Waals surface area contributed by atoms with Crippen LogP contribution in [0.2, 0.25) is 0 Å². The summed E-state index contributed by atoms with van der Waals surface area (Å²) in [5.74, 6) is 2.85. The number of hydrogen-bond acceptors (Lipinski definition) is 4. The lowest BCUT2D eigenvalue weighted by atomic mass is 9.78. The molecule has 1 aliphatic carbocycles. The van der Waals surface area contributed by atoms with E-state index in [1.165, 1.54) is 12.8 Å². The van der Waals surface area contributed by atoms with Crippen molar-refractivity contribution in [1.82, 2.24) is 10.2 Å². The first-order chi connectivity index (χ1) is 13.0. The molecular weight excluding hydrogens is 340 g/mol. The van der Waals surface area contributed by atoms with Gasteiger partial charge in [-0.1, -0.05) is 39.7 Å². The van der Waals surface area contributed by atoms with Gasteiger partial charge in [-0.25, -0.2) is 0 Å². The number of carbonyl (C=O) groups excluding carboxylic acids is 1. The molecule has 3 unspecified atom stereocenters. The van der Waals surface area contributed by atoms with E-state index in [9.17, 15) is 4.79 Å². The molecule has 0 radical (unpaired) electrons. The molecule has 3 atom stereocenters. The normalized spacial score (nSPS) is 22.5. The predicted octanol–water partition coefficient (Wildman–Crippen LogP) is 3.86. The first-order valence-corrected chi connectivity index (χ1v) is 10.3. The quantitative estimate of drug-likeness (QED) is 0.711. The average Bonchev–Trinajstić information content (AvgIpc) is 2.66. The Morgan fingerprint density at radius 2 is 2.00 bits per heavy atom. The number of ether oxygens (including phenoxy) is 2. The number of rotatable bonds is 9. The van der Waals surface area contributed by atoms with E-state index in [2.05, 4.69) is 31.0 Å². The van der Waals surface area contributed by atoms with Crippen molar-refractivity contribution in [3.63, 3.8) is 0 Å². The van der Waals surface area contributed by atoms with Crippen LogP contribution in [0, 0.1) is 11.8 Å². The van der Waals surface area contributed by atoms with Crippen molar-refractivity contribution < 1.29 is 14.3 Å². The molecule has 5 heteroatoms. The van der Waals surface area contributed by atoms with E-state index in [0.29, 0.717) is 37.6 Å². The maximum atomic E-state index is 12.6. The van der Waals surface area contributed by atoms with Crippen LogP contribution < -0.4 is 14.8 Å². The summed E-state index contributed by atoms with van der Waals surface area (Å²) in [6, 6.07) is 6.29. The fourth-order valence-electron chi connectivity index (χ4n) is 3.86. The Morgan fingerprint density at radius 3 is 2.67 bits per heavy atom. The number of benzene rings is 1. The highest BCUT2D eigenvalue weighted by molar-refractivity contribution is 5.78. The summed E-state index contributed by atoms with van der Waals surface area (Å²) in [5, 5.41) is 3.27. The van der Waals surface area contributed by atoms with Crippen molar-refractivity contribution >= 4 is 5.91 Å². The van der Waals surface area contributed by atoms with Crippen molar-refractivity contribution in [3.05, 3.63) is 23.8 Å². The van der Waals surface area contributed by atoms with Gasteiger partial charge in [0.05, 0.1) is 20.3 Å². The van der Waals surface area contributed by atoms with Gasteiger partial charge in [-0.15, -0.1) is 0 Å². The first kappa shape index (κ1) is 21.5. The highest BCUT2D eigenvalue weighted by atomic mass is 16.5. The standard InChI is InChI=1S/C22H36N2O3/c1-6-24(14-18-11-12-20(27-7-2)21(13-18)26-5)15-22(25)23-19-10-8-9-16(3)17(19)4/h11-13,16-17,19H,6-10,14-15H2,1-5H3,(H,23,25). The first-order valence-electron chi connectivity index (χ1n) is 10.3. The molecule has 1 saturated carbocycles. The van der Waals surface area contributed by atoms with Crippen LogP contribution in [0.15, 0.2) is 18.2 Å². The second kappa shape index (κ2) is 10.5. The van der Waals surface area contributed by atoms with Crippen LogP contribution in [-0.4, -0.2) is 43.7 Å². The summed E-state index contributed by atoms with van der Waals surface area (Å²) < 4.78 is 11.0. The van der Waals surface area contributed by atoms with Crippen molar-refractivity contribution in [2.75, 3.05) is 26.8 Å². The van der Waals surface area contributed by atoms with Crippen molar-refractivity contribution in [2.24, 2.45) is 11.8 Å². The van der Waals surface area contributed by atoms with Gasteiger partial charge in [-0.05, 0) is 49.4 Å². The summed E-state index contributed by atoms with van der Waals surface area (Å²) in [6.45, 7) is 11.2. The van der Waals surface area contributed by atoms with Gasteiger partial charge in [-0.3, -0.25) is 9.69 Å².